The van der Waals surface area contributed by atoms with Gasteiger partial charge in [0.2, 0.25) is 5.91 Å². The van der Waals surface area contributed by atoms with E-state index in [4.69, 9.17) is 11.6 Å². The number of carbonyl (C=O) groups is 4. The highest BCUT2D eigenvalue weighted by molar-refractivity contribution is 6.31. The number of rotatable bonds is 6. The number of hydrogen-bond acceptors (Lipinski definition) is 5. The van der Waals surface area contributed by atoms with Crippen LogP contribution in [-0.4, -0.2) is 35.7 Å². The largest absolute Gasteiger partial charge is 0.464 e. The minimum Gasteiger partial charge on any atom is -0.464 e. The highest BCUT2D eigenvalue weighted by Gasteiger charge is 2.34. The Morgan fingerprint density at radius 3 is 2.31 bits per heavy atom. The van der Waals surface area contributed by atoms with Crippen LogP contribution in [0.3, 0.4) is 0 Å². The normalized spacial score (nSPS) is 12.1. The van der Waals surface area contributed by atoms with Crippen LogP contribution >= 0.6 is 11.6 Å². The molecule has 2 N–H and O–H groups in total. The van der Waals surface area contributed by atoms with Crippen molar-refractivity contribution < 1.29 is 23.9 Å². The maximum atomic E-state index is 13.0. The molecule has 1 aliphatic rings. The van der Waals surface area contributed by atoms with Gasteiger partial charge in [-0.2, -0.15) is 0 Å². The molecule has 0 atom stereocenters. The fourth-order valence-corrected chi connectivity index (χ4v) is 3.51. The van der Waals surface area contributed by atoms with Gasteiger partial charge in [0.15, 0.2) is 0 Å². The first-order valence-electron chi connectivity index (χ1n) is 9.42. The number of ether oxygens (including phenoxy) is 1. The summed E-state index contributed by atoms with van der Waals surface area (Å²) in [6.45, 7) is 8.63. The third-order valence-corrected chi connectivity index (χ3v) is 5.03. The van der Waals surface area contributed by atoms with Crippen LogP contribution in [0, 0.1) is 0 Å². The molecule has 0 aromatic heterocycles. The Morgan fingerprint density at radius 1 is 1.09 bits per heavy atom. The number of carbonyl (C=O) groups excluding carboxylic acids is 4. The molecule has 0 fully saturated rings. The van der Waals surface area contributed by atoms with Crippen molar-refractivity contribution in [3.63, 3.8) is 0 Å². The van der Waals surface area contributed by atoms with Gasteiger partial charge < -0.3 is 15.4 Å². The van der Waals surface area contributed by atoms with Gasteiger partial charge in [-0.25, -0.2) is 4.79 Å². The smallest absolute Gasteiger partial charge is 0.353 e. The first-order valence-corrected chi connectivity index (χ1v) is 9.80. The fraction of sp³-hybridized carbons (Fsp3) is 0.130. The average molecular weight is 454 g/mol. The van der Waals surface area contributed by atoms with Crippen molar-refractivity contribution in [2.24, 2.45) is 0 Å². The predicted octanol–water partition coefficient (Wildman–Crippen LogP) is 3.24. The minimum atomic E-state index is -0.807. The van der Waals surface area contributed by atoms with E-state index in [-0.39, 0.29) is 23.8 Å². The van der Waals surface area contributed by atoms with Crippen LogP contribution < -0.4 is 10.6 Å². The summed E-state index contributed by atoms with van der Waals surface area (Å²) in [4.78, 5) is 49.4. The second-order valence-corrected chi connectivity index (χ2v) is 7.44. The minimum absolute atomic E-state index is 0.0884. The summed E-state index contributed by atoms with van der Waals surface area (Å²) in [6, 6.07) is 10.3. The quantitative estimate of drug-likeness (QED) is 0.516. The van der Waals surface area contributed by atoms with Crippen LogP contribution in [0.25, 0.3) is 11.1 Å². The van der Waals surface area contributed by atoms with Gasteiger partial charge in [0.05, 0.1) is 13.7 Å². The number of fused-ring (bicyclic) bond motifs is 1. The monoisotopic (exact) mass is 453 g/mol. The topological polar surface area (TPSA) is 105 Å². The van der Waals surface area contributed by atoms with Crippen LogP contribution in [0.15, 0.2) is 61.0 Å². The molecule has 2 aromatic carbocycles. The predicted molar refractivity (Wildman–Crippen MR) is 120 cm³/mol. The number of halogens is 1. The summed E-state index contributed by atoms with van der Waals surface area (Å²) < 4.78 is 4.50. The van der Waals surface area contributed by atoms with Crippen molar-refractivity contribution in [2.45, 2.75) is 13.5 Å². The lowest BCUT2D eigenvalue weighted by Gasteiger charge is -2.18. The molecule has 1 aliphatic heterocycles. The van der Waals surface area contributed by atoms with Crippen LogP contribution in [0.4, 0.5) is 5.69 Å². The van der Waals surface area contributed by atoms with Gasteiger partial charge in [0.1, 0.15) is 11.4 Å². The summed E-state index contributed by atoms with van der Waals surface area (Å²) >= 11 is 6.26. The number of amides is 3. The van der Waals surface area contributed by atoms with Gasteiger partial charge in [0, 0.05) is 23.2 Å². The molecule has 0 saturated heterocycles. The fourth-order valence-electron chi connectivity index (χ4n) is 3.29. The van der Waals surface area contributed by atoms with Crippen molar-refractivity contribution in [1.29, 1.82) is 0 Å². The molecule has 0 radical (unpaired) electrons. The standard InChI is InChI=1S/C23H20ClN3O5/c1-12(23(31)32-4)25-21(29)13(2)27-11-20-18(9-16(24)10-19(20)22(27)30)15-5-7-17(8-6-15)26-14(3)28/h5-10H,1-2,11H2,3-4H3,(H,25,29)(H,26,28). The van der Waals surface area contributed by atoms with Crippen LogP contribution in [0.5, 0.6) is 0 Å². The number of nitrogens with one attached hydrogen (secondary N) is 2. The first kappa shape index (κ1) is 22.8. The second kappa shape index (κ2) is 9.07. The van der Waals surface area contributed by atoms with Gasteiger partial charge >= 0.3 is 5.97 Å². The van der Waals surface area contributed by atoms with E-state index in [1.165, 1.54) is 17.9 Å². The van der Waals surface area contributed by atoms with Gasteiger partial charge in [-0.1, -0.05) is 36.9 Å². The van der Waals surface area contributed by atoms with Crippen molar-refractivity contribution in [2.75, 3.05) is 12.4 Å². The zero-order valence-corrected chi connectivity index (χ0v) is 18.2. The van der Waals surface area contributed by atoms with E-state index in [1.54, 1.807) is 30.3 Å². The summed E-state index contributed by atoms with van der Waals surface area (Å²) in [5, 5.41) is 5.32. The molecule has 1 heterocycles. The molecule has 164 valence electrons. The molecule has 9 heteroatoms. The van der Waals surface area contributed by atoms with Crippen LogP contribution in [0.1, 0.15) is 22.8 Å². The summed E-state index contributed by atoms with van der Waals surface area (Å²) in [7, 11) is 1.16. The first-order chi connectivity index (χ1) is 15.1. The van der Waals surface area contributed by atoms with E-state index in [1.807, 2.05) is 0 Å². The highest BCUT2D eigenvalue weighted by Crippen LogP contribution is 2.37. The van der Waals surface area contributed by atoms with E-state index in [0.717, 1.165) is 12.7 Å². The molecule has 0 aliphatic carbocycles. The molecule has 32 heavy (non-hydrogen) atoms. The van der Waals surface area contributed by atoms with Gasteiger partial charge in [0.25, 0.3) is 11.8 Å². The number of anilines is 1. The van der Waals surface area contributed by atoms with Gasteiger partial charge in [-0.3, -0.25) is 19.3 Å². The third-order valence-electron chi connectivity index (χ3n) is 4.81. The zero-order valence-electron chi connectivity index (χ0n) is 17.5. The number of benzene rings is 2. The van der Waals surface area contributed by atoms with Crippen molar-refractivity contribution in [3.8, 4) is 11.1 Å². The molecule has 2 aromatic rings. The Hall–Kier alpha value is -3.91. The van der Waals surface area contributed by atoms with E-state index in [2.05, 4.69) is 28.5 Å². The molecule has 3 amide bonds. The van der Waals surface area contributed by atoms with Gasteiger partial charge in [-0.05, 0) is 41.0 Å². The lowest BCUT2D eigenvalue weighted by Crippen LogP contribution is -2.36. The van der Waals surface area contributed by atoms with Crippen LogP contribution in [0.2, 0.25) is 5.02 Å². The lowest BCUT2D eigenvalue weighted by molar-refractivity contribution is -0.137. The Bertz CT molecular complexity index is 1170. The number of nitrogens with zero attached hydrogens (tertiary/aromatic N) is 1. The Morgan fingerprint density at radius 2 is 1.72 bits per heavy atom. The molecule has 8 nitrogen and oxygen atoms in total. The summed E-state index contributed by atoms with van der Waals surface area (Å²) in [6.07, 6.45) is 0. The summed E-state index contributed by atoms with van der Waals surface area (Å²) in [5.74, 6) is -2.19. The number of esters is 1. The SMILES string of the molecule is C=C(NC(=O)C(=C)N1Cc2c(cc(Cl)cc2-c2ccc(NC(C)=O)cc2)C1=O)C(=O)OC. The molecule has 0 spiro atoms. The molecule has 0 saturated carbocycles. The molecule has 3 rings (SSSR count). The van der Waals surface area contributed by atoms with E-state index in [9.17, 15) is 19.2 Å². The van der Waals surface area contributed by atoms with Crippen molar-refractivity contribution in [3.05, 3.63) is 77.1 Å². The number of methoxy groups -OCH3 is 1. The summed E-state index contributed by atoms with van der Waals surface area (Å²) in [5.41, 5.74) is 2.72. The number of hydrogen-bond donors (Lipinski definition) is 2. The molecule has 0 unspecified atom stereocenters. The Balaban J connectivity index is 1.89. The van der Waals surface area contributed by atoms with Gasteiger partial charge in [-0.15, -0.1) is 0 Å². The van der Waals surface area contributed by atoms with E-state index in [0.29, 0.717) is 27.4 Å². The average Bonchev–Trinajstić information content (AvgIpc) is 3.08. The van der Waals surface area contributed by atoms with E-state index >= 15 is 0 Å². The Labute approximate surface area is 189 Å². The lowest BCUT2D eigenvalue weighted by atomic mass is 9.97. The zero-order chi connectivity index (χ0) is 23.6. The van der Waals surface area contributed by atoms with Crippen LogP contribution in [-0.2, 0) is 25.7 Å². The molecular formula is C23H20ClN3O5. The van der Waals surface area contributed by atoms with Crippen molar-refractivity contribution >= 4 is 41.0 Å². The van der Waals surface area contributed by atoms with E-state index < -0.39 is 17.8 Å². The molecule has 0 bridgehead atoms. The van der Waals surface area contributed by atoms with Crippen molar-refractivity contribution in [1.82, 2.24) is 10.2 Å². The highest BCUT2D eigenvalue weighted by atomic mass is 35.5. The maximum absolute atomic E-state index is 13.0. The maximum Gasteiger partial charge on any atom is 0.353 e. The third kappa shape index (κ3) is 4.55. The Kier molecular flexibility index (Phi) is 6.45. The molecular weight excluding hydrogens is 434 g/mol. The second-order valence-electron chi connectivity index (χ2n) is 7.00.